The maximum Gasteiger partial charge on any atom is 0.336 e. The number of nitrogens with zero attached hydrogens (tertiary/aromatic N) is 2. The molecule has 1 aromatic heterocycles. The van der Waals surface area contributed by atoms with Crippen molar-refractivity contribution >= 4 is 5.97 Å². The molecule has 7 heteroatoms. The number of aromatic amines is 1. The number of benzene rings is 2. The average molecular weight is 438 g/mol. The Morgan fingerprint density at radius 3 is 2.31 bits per heavy atom. The summed E-state index contributed by atoms with van der Waals surface area (Å²) in [6.07, 6.45) is 1.53. The Morgan fingerprint density at radius 1 is 1.09 bits per heavy atom. The summed E-state index contributed by atoms with van der Waals surface area (Å²) in [5, 5.41) is 17.0. The summed E-state index contributed by atoms with van der Waals surface area (Å²) in [7, 11) is 3.17. The first kappa shape index (κ1) is 23.6. The van der Waals surface area contributed by atoms with E-state index in [9.17, 15) is 9.90 Å². The van der Waals surface area contributed by atoms with Gasteiger partial charge in [0.05, 0.1) is 5.56 Å². The van der Waals surface area contributed by atoms with Crippen molar-refractivity contribution in [2.24, 2.45) is 5.92 Å². The van der Waals surface area contributed by atoms with Gasteiger partial charge < -0.3 is 14.6 Å². The Bertz CT molecular complexity index is 1030. The smallest absolute Gasteiger partial charge is 0.336 e. The number of hydrogen-bond acceptors (Lipinski definition) is 5. The normalized spacial score (nSPS) is 13.7. The highest BCUT2D eigenvalue weighted by Gasteiger charge is 2.36. The van der Waals surface area contributed by atoms with Gasteiger partial charge in [0.15, 0.2) is 0 Å². The van der Waals surface area contributed by atoms with E-state index in [1.807, 2.05) is 43.3 Å². The second kappa shape index (κ2) is 10.1. The van der Waals surface area contributed by atoms with Crippen molar-refractivity contribution in [3.05, 3.63) is 71.3 Å². The van der Waals surface area contributed by atoms with Crippen LogP contribution in [0.25, 0.3) is 11.1 Å². The zero-order valence-corrected chi connectivity index (χ0v) is 19.3. The molecule has 2 unspecified atom stereocenters. The molecule has 0 aliphatic rings. The van der Waals surface area contributed by atoms with Gasteiger partial charge in [-0.25, -0.2) is 9.78 Å². The molecule has 0 spiro atoms. The molecule has 0 fully saturated rings. The van der Waals surface area contributed by atoms with Crippen molar-refractivity contribution in [3.8, 4) is 11.1 Å². The zero-order valence-electron chi connectivity index (χ0n) is 19.3. The van der Waals surface area contributed by atoms with Crippen molar-refractivity contribution in [2.75, 3.05) is 14.2 Å². The summed E-state index contributed by atoms with van der Waals surface area (Å²) in [5.74, 6) is -0.409. The number of carboxylic acid groups (broad SMARTS) is 1. The van der Waals surface area contributed by atoms with Crippen LogP contribution in [-0.2, 0) is 15.3 Å². The van der Waals surface area contributed by atoms with Crippen LogP contribution in [-0.4, -0.2) is 40.5 Å². The van der Waals surface area contributed by atoms with Gasteiger partial charge in [0.1, 0.15) is 5.82 Å². The summed E-state index contributed by atoms with van der Waals surface area (Å²) < 4.78 is 11.2. The van der Waals surface area contributed by atoms with E-state index in [0.717, 1.165) is 23.4 Å². The maximum absolute atomic E-state index is 11.6. The molecule has 32 heavy (non-hydrogen) atoms. The molecule has 3 aromatic rings. The third-order valence-electron chi connectivity index (χ3n) is 6.21. The predicted octanol–water partition coefficient (Wildman–Crippen LogP) is 5.20. The van der Waals surface area contributed by atoms with E-state index in [-0.39, 0.29) is 11.5 Å². The number of carbonyl (C=O) groups is 1. The molecule has 170 valence electrons. The predicted molar refractivity (Wildman–Crippen MR) is 123 cm³/mol. The first-order valence-corrected chi connectivity index (χ1v) is 10.9. The minimum Gasteiger partial charge on any atom is -0.478 e. The fourth-order valence-electron chi connectivity index (χ4n) is 4.08. The van der Waals surface area contributed by atoms with E-state index < -0.39 is 11.8 Å². The molecule has 1 heterocycles. The summed E-state index contributed by atoms with van der Waals surface area (Å²) in [4.78, 5) is 16.4. The van der Waals surface area contributed by atoms with Crippen molar-refractivity contribution in [2.45, 2.75) is 45.3 Å². The van der Waals surface area contributed by atoms with Gasteiger partial charge in [-0.3, -0.25) is 5.10 Å². The monoisotopic (exact) mass is 437 g/mol. The number of hydrogen-bond donors (Lipinski definition) is 2. The van der Waals surface area contributed by atoms with Gasteiger partial charge in [0.2, 0.25) is 11.6 Å². The van der Waals surface area contributed by atoms with E-state index in [1.165, 1.54) is 0 Å². The lowest BCUT2D eigenvalue weighted by Crippen LogP contribution is -2.31. The van der Waals surface area contributed by atoms with Gasteiger partial charge in [-0.15, -0.1) is 0 Å². The van der Waals surface area contributed by atoms with E-state index in [2.05, 4.69) is 24.0 Å². The summed E-state index contributed by atoms with van der Waals surface area (Å²) in [6.45, 7) is 6.29. The van der Waals surface area contributed by atoms with Gasteiger partial charge in [-0.05, 0) is 28.7 Å². The number of aromatic nitrogens is 3. The van der Waals surface area contributed by atoms with Gasteiger partial charge in [-0.2, -0.15) is 5.10 Å². The van der Waals surface area contributed by atoms with E-state index in [1.54, 1.807) is 26.4 Å². The molecule has 0 aliphatic heterocycles. The van der Waals surface area contributed by atoms with E-state index in [4.69, 9.17) is 14.5 Å². The van der Waals surface area contributed by atoms with Crippen LogP contribution in [0, 0.1) is 5.92 Å². The third kappa shape index (κ3) is 4.45. The molecule has 0 radical (unpaired) electrons. The maximum atomic E-state index is 11.6. The molecule has 3 rings (SSSR count). The molecule has 0 saturated heterocycles. The highest BCUT2D eigenvalue weighted by Crippen LogP contribution is 2.35. The summed E-state index contributed by atoms with van der Waals surface area (Å²) in [5.41, 5.74) is 2.92. The van der Waals surface area contributed by atoms with Gasteiger partial charge in [-0.1, -0.05) is 69.7 Å². The largest absolute Gasteiger partial charge is 0.478 e. The topological polar surface area (TPSA) is 97.3 Å². The van der Waals surface area contributed by atoms with Crippen LogP contribution < -0.4 is 0 Å². The Kier molecular flexibility index (Phi) is 7.43. The Balaban J connectivity index is 1.99. The molecule has 7 nitrogen and oxygen atoms in total. The summed E-state index contributed by atoms with van der Waals surface area (Å²) in [6, 6.07) is 15.0. The Hall–Kier alpha value is -3.03. The first-order valence-electron chi connectivity index (χ1n) is 10.9. The van der Waals surface area contributed by atoms with Crippen LogP contribution in [0.3, 0.4) is 0 Å². The molecule has 2 N–H and O–H groups in total. The lowest BCUT2D eigenvalue weighted by molar-refractivity contribution is -0.222. The van der Waals surface area contributed by atoms with Crippen LogP contribution in [0.4, 0.5) is 0 Å². The molecule has 0 bridgehead atoms. The summed E-state index contributed by atoms with van der Waals surface area (Å²) >= 11 is 0. The lowest BCUT2D eigenvalue weighted by atomic mass is 9.84. The van der Waals surface area contributed by atoms with Crippen molar-refractivity contribution in [1.29, 1.82) is 0 Å². The minimum absolute atomic E-state index is 0.00622. The number of ether oxygens (including phenoxy) is 2. The zero-order chi connectivity index (χ0) is 23.3. The SMILES string of the molecule is CCC(C)C(c1ccc(-c2ccccc2C(=O)O)cc1)c1nc(C(CC)(OC)OC)n[nH]1. The molecule has 0 aliphatic carbocycles. The number of nitrogens with one attached hydrogen (secondary N) is 1. The highest BCUT2D eigenvalue weighted by molar-refractivity contribution is 5.96. The Morgan fingerprint density at radius 2 is 1.75 bits per heavy atom. The number of H-pyrrole nitrogens is 1. The van der Waals surface area contributed by atoms with E-state index in [0.29, 0.717) is 23.7 Å². The number of rotatable bonds is 10. The second-order valence-corrected chi connectivity index (χ2v) is 7.89. The quantitative estimate of drug-likeness (QED) is 0.423. The van der Waals surface area contributed by atoms with Gasteiger partial charge in [0.25, 0.3) is 0 Å². The molecule has 2 atom stereocenters. The number of methoxy groups -OCH3 is 2. The van der Waals surface area contributed by atoms with Crippen molar-refractivity contribution in [1.82, 2.24) is 15.2 Å². The fraction of sp³-hybridized carbons (Fsp3) is 0.400. The minimum atomic E-state index is -0.987. The Labute approximate surface area is 188 Å². The van der Waals surface area contributed by atoms with Gasteiger partial charge >= 0.3 is 5.97 Å². The third-order valence-corrected chi connectivity index (χ3v) is 6.21. The molecular formula is C25H31N3O4. The molecular weight excluding hydrogens is 406 g/mol. The number of aromatic carboxylic acids is 1. The van der Waals surface area contributed by atoms with Crippen LogP contribution in [0.2, 0.25) is 0 Å². The van der Waals surface area contributed by atoms with Crippen LogP contribution >= 0.6 is 0 Å². The van der Waals surface area contributed by atoms with Crippen LogP contribution in [0.15, 0.2) is 48.5 Å². The lowest BCUT2D eigenvalue weighted by Gasteiger charge is -2.26. The van der Waals surface area contributed by atoms with Crippen molar-refractivity contribution in [3.63, 3.8) is 0 Å². The molecule has 0 saturated carbocycles. The first-order chi connectivity index (χ1) is 15.4. The molecule has 2 aromatic carbocycles. The number of carboxylic acids is 1. The second-order valence-electron chi connectivity index (χ2n) is 7.89. The standard InChI is InChI=1S/C25H31N3O4/c1-6-16(3)21(22-26-24(28-27-22)25(7-2,31-4)32-5)18-14-12-17(13-15-18)19-10-8-9-11-20(19)23(29)30/h8-16,21H,6-7H2,1-5H3,(H,29,30)(H,26,27,28). The fourth-order valence-corrected chi connectivity index (χ4v) is 4.08. The average Bonchev–Trinajstić information content (AvgIpc) is 3.31. The van der Waals surface area contributed by atoms with Gasteiger partial charge in [0, 0.05) is 26.6 Å². The van der Waals surface area contributed by atoms with Crippen LogP contribution in [0.1, 0.15) is 67.1 Å². The van der Waals surface area contributed by atoms with E-state index >= 15 is 0 Å². The highest BCUT2D eigenvalue weighted by atomic mass is 16.7. The van der Waals surface area contributed by atoms with Crippen molar-refractivity contribution < 1.29 is 19.4 Å². The molecule has 0 amide bonds. The van der Waals surface area contributed by atoms with Crippen LogP contribution in [0.5, 0.6) is 0 Å².